The Bertz CT molecular complexity index is 1180. The Morgan fingerprint density at radius 2 is 2.08 bits per heavy atom. The highest BCUT2D eigenvalue weighted by atomic mass is 32.1. The Labute approximate surface area is 229 Å². The fraction of sp³-hybridized carbons (Fsp3) is 0.567. The van der Waals surface area contributed by atoms with Crippen molar-refractivity contribution in [2.75, 3.05) is 5.32 Å². The molecule has 0 spiro atoms. The molecule has 3 fully saturated rings. The summed E-state index contributed by atoms with van der Waals surface area (Å²) in [7, 11) is 0. The average molecular weight is 541 g/mol. The van der Waals surface area contributed by atoms with Gasteiger partial charge in [-0.2, -0.15) is 0 Å². The van der Waals surface area contributed by atoms with Gasteiger partial charge in [0.1, 0.15) is 18.1 Å². The van der Waals surface area contributed by atoms with Crippen molar-refractivity contribution in [1.82, 2.24) is 4.98 Å². The number of rotatable bonds is 7. The van der Waals surface area contributed by atoms with Crippen LogP contribution in [0.3, 0.4) is 0 Å². The van der Waals surface area contributed by atoms with Crippen molar-refractivity contribution in [1.29, 1.82) is 0 Å². The highest BCUT2D eigenvalue weighted by molar-refractivity contribution is 7.15. The van der Waals surface area contributed by atoms with E-state index in [-0.39, 0.29) is 29.4 Å². The lowest BCUT2D eigenvalue weighted by Crippen LogP contribution is -2.46. The molecule has 6 atom stereocenters. The van der Waals surface area contributed by atoms with E-state index in [0.29, 0.717) is 35.6 Å². The van der Waals surface area contributed by atoms with Gasteiger partial charge in [-0.25, -0.2) is 4.98 Å². The van der Waals surface area contributed by atoms with Gasteiger partial charge < -0.3 is 19.9 Å². The first-order valence-corrected chi connectivity index (χ1v) is 14.3. The van der Waals surface area contributed by atoms with Gasteiger partial charge in [-0.15, -0.1) is 11.3 Å². The van der Waals surface area contributed by atoms with Gasteiger partial charge in [0.2, 0.25) is 0 Å². The minimum atomic E-state index is -0.748. The lowest BCUT2D eigenvalue weighted by molar-refractivity contribution is -0.155. The third-order valence-corrected chi connectivity index (χ3v) is 9.26. The smallest absolute Gasteiger partial charge is 0.307 e. The third-order valence-electron chi connectivity index (χ3n) is 8.42. The van der Waals surface area contributed by atoms with Gasteiger partial charge in [0.15, 0.2) is 5.13 Å². The first kappa shape index (κ1) is 28.3. The first-order chi connectivity index (χ1) is 18.0. The molecule has 1 aromatic heterocycles. The largest absolute Gasteiger partial charge is 0.462 e. The topological polar surface area (TPSA) is 97.8 Å². The molecule has 8 heteroatoms. The highest BCUT2D eigenvalue weighted by Gasteiger charge is 2.58. The number of aryl methyl sites for hydroxylation is 1. The number of aliphatic hydroxyl groups is 1. The molecule has 0 saturated heterocycles. The molecule has 3 aliphatic rings. The van der Waals surface area contributed by atoms with Crippen molar-refractivity contribution in [3.63, 3.8) is 0 Å². The molecule has 2 N–H and O–H groups in total. The summed E-state index contributed by atoms with van der Waals surface area (Å²) in [6, 6.07) is 0. The molecule has 3 aliphatic carbocycles. The second kappa shape index (κ2) is 11.6. The molecular formula is C30H40N2O5S. The van der Waals surface area contributed by atoms with Crippen LogP contribution in [0.25, 0.3) is 0 Å². The average Bonchev–Trinajstić information content (AvgIpc) is 3.36. The van der Waals surface area contributed by atoms with Crippen LogP contribution < -0.4 is 5.32 Å². The normalized spacial score (nSPS) is 32.1. The number of hydrogen-bond acceptors (Lipinski definition) is 8. The highest BCUT2D eigenvalue weighted by Crippen LogP contribution is 2.63. The number of carbonyl (C=O) groups is 2. The van der Waals surface area contributed by atoms with Crippen LogP contribution in [-0.2, 0) is 19.1 Å². The number of aromatic nitrogens is 1. The van der Waals surface area contributed by atoms with Gasteiger partial charge >= 0.3 is 11.9 Å². The maximum absolute atomic E-state index is 12.0. The van der Waals surface area contributed by atoms with Crippen LogP contribution in [0.1, 0.15) is 71.1 Å². The quantitative estimate of drug-likeness (QED) is 0.183. The molecule has 0 aromatic carbocycles. The minimum absolute atomic E-state index is 0.156. The van der Waals surface area contributed by atoms with Crippen LogP contribution in [0.2, 0.25) is 0 Å². The molecule has 0 amide bonds. The summed E-state index contributed by atoms with van der Waals surface area (Å²) in [5.74, 6) is 0.944. The second-order valence-electron chi connectivity index (χ2n) is 11.2. The van der Waals surface area contributed by atoms with Gasteiger partial charge in [0, 0.05) is 43.2 Å². The Hall–Kier alpha value is -2.71. The third kappa shape index (κ3) is 6.12. The van der Waals surface area contributed by atoms with E-state index in [0.717, 1.165) is 36.1 Å². The maximum atomic E-state index is 12.0. The van der Waals surface area contributed by atoms with E-state index in [1.807, 2.05) is 13.0 Å². The van der Waals surface area contributed by atoms with Gasteiger partial charge in [-0.3, -0.25) is 9.59 Å². The molecule has 4 rings (SSSR count). The Morgan fingerprint density at radius 1 is 1.32 bits per heavy atom. The fourth-order valence-corrected chi connectivity index (χ4v) is 7.59. The molecule has 206 valence electrons. The summed E-state index contributed by atoms with van der Waals surface area (Å²) < 4.78 is 11.1. The van der Waals surface area contributed by atoms with Crippen molar-refractivity contribution in [3.8, 4) is 0 Å². The number of ether oxygens (including phenoxy) is 2. The zero-order valence-electron chi connectivity index (χ0n) is 23.1. The lowest BCUT2D eigenvalue weighted by atomic mass is 9.54. The Balaban J connectivity index is 1.61. The summed E-state index contributed by atoms with van der Waals surface area (Å²) >= 11 is 1.52. The van der Waals surface area contributed by atoms with Crippen LogP contribution in [0, 0.1) is 30.1 Å². The summed E-state index contributed by atoms with van der Waals surface area (Å²) in [4.78, 5) is 28.8. The molecule has 0 radical (unpaired) electrons. The molecule has 3 saturated carbocycles. The van der Waals surface area contributed by atoms with E-state index in [1.165, 1.54) is 36.3 Å². The van der Waals surface area contributed by atoms with Gasteiger partial charge in [-0.05, 0) is 68.9 Å². The fourth-order valence-electron chi connectivity index (χ4n) is 6.87. The SMILES string of the molecule is C=C1CCC2C(CCC3(C)C(OC(C)=O)C/C(=C\C[C@@H](O)Nc4ncc(C)s4)C23)/C1=C/C=C(\C)OC(C)=O. The molecule has 0 bridgehead atoms. The summed E-state index contributed by atoms with van der Waals surface area (Å²) in [6.45, 7) is 13.3. The van der Waals surface area contributed by atoms with Crippen LogP contribution >= 0.6 is 11.3 Å². The van der Waals surface area contributed by atoms with Gasteiger partial charge in [0.25, 0.3) is 0 Å². The second-order valence-corrected chi connectivity index (χ2v) is 12.4. The Morgan fingerprint density at radius 3 is 2.74 bits per heavy atom. The van der Waals surface area contributed by atoms with E-state index < -0.39 is 6.23 Å². The summed E-state index contributed by atoms with van der Waals surface area (Å²) in [6.07, 6.45) is 12.0. The van der Waals surface area contributed by atoms with Crippen molar-refractivity contribution >= 4 is 28.4 Å². The molecular weight excluding hydrogens is 500 g/mol. The summed E-state index contributed by atoms with van der Waals surface area (Å²) in [5.41, 5.74) is 3.48. The lowest BCUT2D eigenvalue weighted by Gasteiger charge is -2.51. The number of fused-ring (bicyclic) bond motifs is 3. The van der Waals surface area contributed by atoms with Crippen molar-refractivity contribution in [2.24, 2.45) is 23.2 Å². The molecule has 5 unspecified atom stereocenters. The van der Waals surface area contributed by atoms with Gasteiger partial charge in [-0.1, -0.05) is 36.8 Å². The predicted molar refractivity (Wildman–Crippen MR) is 149 cm³/mol. The number of nitrogens with one attached hydrogen (secondary N) is 1. The maximum Gasteiger partial charge on any atom is 0.307 e. The van der Waals surface area contributed by atoms with E-state index >= 15 is 0 Å². The number of anilines is 1. The molecule has 1 aromatic rings. The number of thiazole rings is 1. The number of aliphatic hydroxyl groups excluding tert-OH is 1. The van der Waals surface area contributed by atoms with E-state index in [4.69, 9.17) is 9.47 Å². The van der Waals surface area contributed by atoms with E-state index in [9.17, 15) is 14.7 Å². The number of allylic oxidation sites excluding steroid dienone is 5. The standard InChI is InChI=1S/C30H40N2O5S/c1-17-7-10-25-24(23(17)11-8-18(2)36-20(4)33)13-14-30(6)26(37-21(5)34)15-22(28(25)30)9-12-27(35)32-29-31-16-19(3)38-29/h8-9,11,16,24-28,35H,1,7,10,12-15H2,2-6H3,(H,31,32)/b18-8+,22-9+,23-11+/t24?,25?,26?,27-,28?,30?/m1/s1. The number of carbonyl (C=O) groups excluding carboxylic acids is 2. The summed E-state index contributed by atoms with van der Waals surface area (Å²) in [5, 5.41) is 14.5. The zero-order valence-corrected chi connectivity index (χ0v) is 23.9. The Kier molecular flexibility index (Phi) is 8.62. The van der Waals surface area contributed by atoms with Crippen LogP contribution in [0.15, 0.2) is 53.5 Å². The predicted octanol–water partition coefficient (Wildman–Crippen LogP) is 6.23. The molecule has 38 heavy (non-hydrogen) atoms. The number of esters is 2. The monoisotopic (exact) mass is 540 g/mol. The zero-order chi connectivity index (χ0) is 27.6. The van der Waals surface area contributed by atoms with Crippen LogP contribution in [0.5, 0.6) is 0 Å². The van der Waals surface area contributed by atoms with Crippen LogP contribution in [-0.4, -0.2) is 34.4 Å². The molecule has 0 aliphatic heterocycles. The minimum Gasteiger partial charge on any atom is -0.462 e. The van der Waals surface area contributed by atoms with Crippen molar-refractivity contribution in [2.45, 2.75) is 85.5 Å². The van der Waals surface area contributed by atoms with Crippen molar-refractivity contribution < 1.29 is 24.2 Å². The van der Waals surface area contributed by atoms with Crippen LogP contribution in [0.4, 0.5) is 5.13 Å². The first-order valence-electron chi connectivity index (χ1n) is 13.5. The van der Waals surface area contributed by atoms with Gasteiger partial charge in [0.05, 0.1) is 0 Å². The van der Waals surface area contributed by atoms with E-state index in [2.05, 4.69) is 36.0 Å². The number of nitrogens with zero attached hydrogens (tertiary/aromatic N) is 1. The number of hydrogen-bond donors (Lipinski definition) is 2. The molecule has 1 heterocycles. The molecule has 7 nitrogen and oxygen atoms in total. The van der Waals surface area contributed by atoms with E-state index in [1.54, 1.807) is 13.1 Å². The van der Waals surface area contributed by atoms with Crippen molar-refractivity contribution in [3.05, 3.63) is 58.4 Å².